The van der Waals surface area contributed by atoms with Crippen molar-refractivity contribution >= 4 is 16.8 Å². The van der Waals surface area contributed by atoms with Crippen molar-refractivity contribution in [3.8, 4) is 0 Å². The molecule has 0 aliphatic carbocycles. The molecule has 4 rings (SSSR count). The van der Waals surface area contributed by atoms with E-state index in [1.165, 1.54) is 10.9 Å². The molecular formula is C19H22N6O3. The summed E-state index contributed by atoms with van der Waals surface area (Å²) in [6, 6.07) is 7.46. The van der Waals surface area contributed by atoms with Gasteiger partial charge in [0.1, 0.15) is 0 Å². The number of para-hydroxylation sites is 1. The fourth-order valence-corrected chi connectivity index (χ4v) is 3.61. The molecule has 1 saturated heterocycles. The molecule has 2 aromatic heterocycles. The number of nitrogens with one attached hydrogen (secondary N) is 1. The second kappa shape index (κ2) is 7.89. The van der Waals surface area contributed by atoms with Crippen LogP contribution in [0.3, 0.4) is 0 Å². The zero-order valence-corrected chi connectivity index (χ0v) is 15.7. The normalized spacial score (nSPS) is 17.2. The van der Waals surface area contributed by atoms with Crippen molar-refractivity contribution in [2.24, 2.45) is 0 Å². The monoisotopic (exact) mass is 382 g/mol. The second-order valence-corrected chi connectivity index (χ2v) is 6.85. The summed E-state index contributed by atoms with van der Waals surface area (Å²) in [5, 5.41) is 7.20. The van der Waals surface area contributed by atoms with Crippen LogP contribution in [-0.4, -0.2) is 56.2 Å². The van der Waals surface area contributed by atoms with Gasteiger partial charge in [-0.2, -0.15) is 4.98 Å². The highest BCUT2D eigenvalue weighted by Gasteiger charge is 2.24. The summed E-state index contributed by atoms with van der Waals surface area (Å²) in [5.74, 6) is -0.246. The fraction of sp³-hybridized carbons (Fsp3) is 0.421. The van der Waals surface area contributed by atoms with Gasteiger partial charge in [-0.3, -0.25) is 19.1 Å². The molecule has 1 aliphatic heterocycles. The molecule has 28 heavy (non-hydrogen) atoms. The van der Waals surface area contributed by atoms with Gasteiger partial charge in [0, 0.05) is 12.6 Å². The van der Waals surface area contributed by atoms with Gasteiger partial charge >= 0.3 is 11.8 Å². The molecule has 3 heterocycles. The highest BCUT2D eigenvalue weighted by molar-refractivity contribution is 5.89. The maximum atomic E-state index is 12.5. The first kappa shape index (κ1) is 18.3. The van der Waals surface area contributed by atoms with Gasteiger partial charge in [0.15, 0.2) is 5.82 Å². The molecular weight excluding hydrogens is 360 g/mol. The van der Waals surface area contributed by atoms with E-state index in [0.29, 0.717) is 23.5 Å². The molecule has 3 aromatic rings. The minimum absolute atomic E-state index is 0.0830. The summed E-state index contributed by atoms with van der Waals surface area (Å²) >= 11 is 0. The first-order chi connectivity index (χ1) is 13.7. The van der Waals surface area contributed by atoms with Crippen molar-refractivity contribution in [1.29, 1.82) is 0 Å². The highest BCUT2D eigenvalue weighted by atomic mass is 16.5. The molecule has 0 saturated carbocycles. The lowest BCUT2D eigenvalue weighted by Gasteiger charge is -2.22. The zero-order chi connectivity index (χ0) is 19.5. The molecule has 1 amide bonds. The number of nitrogens with zero attached hydrogens (tertiary/aromatic N) is 5. The average Bonchev–Trinajstić information content (AvgIpc) is 3.37. The van der Waals surface area contributed by atoms with E-state index in [2.05, 4.69) is 32.3 Å². The molecule has 1 atom stereocenters. The maximum Gasteiger partial charge on any atom is 0.316 e. The summed E-state index contributed by atoms with van der Waals surface area (Å²) < 4.78 is 6.47. The van der Waals surface area contributed by atoms with Crippen LogP contribution in [0.15, 0.2) is 39.9 Å². The number of amides is 1. The molecule has 9 heteroatoms. The lowest BCUT2D eigenvalue weighted by Crippen LogP contribution is -2.40. The van der Waals surface area contributed by atoms with E-state index in [-0.39, 0.29) is 23.8 Å². The van der Waals surface area contributed by atoms with Gasteiger partial charge in [0.05, 0.1) is 23.8 Å². The van der Waals surface area contributed by atoms with Gasteiger partial charge in [0.2, 0.25) is 0 Å². The van der Waals surface area contributed by atoms with Crippen LogP contribution < -0.4 is 10.9 Å². The molecule has 146 valence electrons. The molecule has 0 radical (unpaired) electrons. The molecule has 0 unspecified atom stereocenters. The molecule has 1 aromatic carbocycles. The average molecular weight is 382 g/mol. The van der Waals surface area contributed by atoms with Crippen LogP contribution in [0.5, 0.6) is 0 Å². The summed E-state index contributed by atoms with van der Waals surface area (Å²) in [5.41, 5.74) is 0.437. The summed E-state index contributed by atoms with van der Waals surface area (Å²) in [6.07, 6.45) is 3.66. The Hall–Kier alpha value is -3.07. The van der Waals surface area contributed by atoms with Gasteiger partial charge in [-0.05, 0) is 38.1 Å². The summed E-state index contributed by atoms with van der Waals surface area (Å²) in [4.78, 5) is 35.6. The molecule has 9 nitrogen and oxygen atoms in total. The Morgan fingerprint density at radius 3 is 3.07 bits per heavy atom. The summed E-state index contributed by atoms with van der Waals surface area (Å²) in [7, 11) is 0. The van der Waals surface area contributed by atoms with E-state index in [1.54, 1.807) is 18.2 Å². The Bertz CT molecular complexity index is 1040. The van der Waals surface area contributed by atoms with Gasteiger partial charge in [-0.15, -0.1) is 0 Å². The number of likely N-dealkylation sites (tertiary alicyclic amines) is 1. The van der Waals surface area contributed by atoms with Crippen molar-refractivity contribution in [1.82, 2.24) is 29.9 Å². The predicted molar refractivity (Wildman–Crippen MR) is 102 cm³/mol. The number of carbonyl (C=O) groups excluding carboxylic acids is 1. The van der Waals surface area contributed by atoms with Crippen LogP contribution in [-0.2, 0) is 6.54 Å². The third kappa shape index (κ3) is 3.65. The van der Waals surface area contributed by atoms with Gasteiger partial charge in [-0.25, -0.2) is 4.98 Å². The SMILES string of the molecule is CCN1CCC[C@H]1CNC(=O)c1nc(Cn2cnc3ccccc3c2=O)no1. The third-order valence-corrected chi connectivity index (χ3v) is 5.11. The largest absolute Gasteiger partial charge is 0.346 e. The van der Waals surface area contributed by atoms with Crippen molar-refractivity contribution in [3.63, 3.8) is 0 Å². The van der Waals surface area contributed by atoms with Crippen LogP contribution in [0.4, 0.5) is 0 Å². The predicted octanol–water partition coefficient (Wildman–Crippen LogP) is 1.04. The standard InChI is InChI=1S/C19H22N6O3/c1-2-24-9-5-6-13(24)10-20-17(26)18-22-16(23-28-18)11-25-12-21-15-8-4-3-7-14(15)19(25)27/h3-4,7-8,12-13H,2,5-6,9-11H2,1H3,(H,20,26)/t13-/m0/s1. The first-order valence-corrected chi connectivity index (χ1v) is 9.44. The van der Waals surface area contributed by atoms with E-state index in [9.17, 15) is 9.59 Å². The van der Waals surface area contributed by atoms with Crippen molar-refractivity contribution < 1.29 is 9.32 Å². The topological polar surface area (TPSA) is 106 Å². The minimum atomic E-state index is -0.398. The minimum Gasteiger partial charge on any atom is -0.346 e. The Kier molecular flexibility index (Phi) is 5.16. The van der Waals surface area contributed by atoms with E-state index < -0.39 is 5.91 Å². The Morgan fingerprint density at radius 1 is 1.36 bits per heavy atom. The van der Waals surface area contributed by atoms with Crippen LogP contribution in [0.25, 0.3) is 10.9 Å². The van der Waals surface area contributed by atoms with Crippen molar-refractivity contribution in [3.05, 3.63) is 52.7 Å². The quantitative estimate of drug-likeness (QED) is 0.679. The maximum absolute atomic E-state index is 12.5. The van der Waals surface area contributed by atoms with Crippen LogP contribution in [0.1, 0.15) is 36.3 Å². The molecule has 0 spiro atoms. The fourth-order valence-electron chi connectivity index (χ4n) is 3.61. The Labute approximate surface area is 161 Å². The van der Waals surface area contributed by atoms with Gasteiger partial charge in [-0.1, -0.05) is 24.2 Å². The number of fused-ring (bicyclic) bond motifs is 1. The Morgan fingerprint density at radius 2 is 2.21 bits per heavy atom. The highest BCUT2D eigenvalue weighted by Crippen LogP contribution is 2.15. The van der Waals surface area contributed by atoms with Crippen LogP contribution in [0.2, 0.25) is 0 Å². The van der Waals surface area contributed by atoms with Crippen molar-refractivity contribution in [2.45, 2.75) is 32.4 Å². The van der Waals surface area contributed by atoms with Crippen LogP contribution >= 0.6 is 0 Å². The van der Waals surface area contributed by atoms with Gasteiger partial charge < -0.3 is 9.84 Å². The number of likely N-dealkylation sites (N-methyl/N-ethyl adjacent to an activating group) is 1. The van der Waals surface area contributed by atoms with E-state index >= 15 is 0 Å². The Balaban J connectivity index is 1.42. The number of rotatable bonds is 6. The smallest absolute Gasteiger partial charge is 0.316 e. The molecule has 1 fully saturated rings. The zero-order valence-electron chi connectivity index (χ0n) is 15.7. The summed E-state index contributed by atoms with van der Waals surface area (Å²) in [6.45, 7) is 4.79. The molecule has 1 N–H and O–H groups in total. The molecule has 1 aliphatic rings. The number of hydrogen-bond acceptors (Lipinski definition) is 7. The lowest BCUT2D eigenvalue weighted by atomic mass is 10.2. The number of aromatic nitrogens is 4. The number of benzene rings is 1. The van der Waals surface area contributed by atoms with Crippen molar-refractivity contribution in [2.75, 3.05) is 19.6 Å². The number of hydrogen-bond donors (Lipinski definition) is 1. The third-order valence-electron chi connectivity index (χ3n) is 5.11. The lowest BCUT2D eigenvalue weighted by molar-refractivity contribution is 0.0897. The second-order valence-electron chi connectivity index (χ2n) is 6.85. The van der Waals surface area contributed by atoms with Gasteiger partial charge in [0.25, 0.3) is 5.56 Å². The van der Waals surface area contributed by atoms with E-state index in [4.69, 9.17) is 4.52 Å². The van der Waals surface area contributed by atoms with Crippen LogP contribution in [0, 0.1) is 0 Å². The number of carbonyl (C=O) groups is 1. The van der Waals surface area contributed by atoms with E-state index in [0.717, 1.165) is 25.9 Å². The van der Waals surface area contributed by atoms with E-state index in [1.807, 2.05) is 6.07 Å². The first-order valence-electron chi connectivity index (χ1n) is 9.44. The molecule has 0 bridgehead atoms.